The van der Waals surface area contributed by atoms with E-state index in [2.05, 4.69) is 0 Å². The maximum absolute atomic E-state index is 11.9. The molecule has 1 atom stereocenters. The molecule has 102 valence electrons. The molecule has 2 rings (SSSR count). The third-order valence-electron chi connectivity index (χ3n) is 2.59. The Morgan fingerprint density at radius 3 is 3.00 bits per heavy atom. The van der Waals surface area contributed by atoms with E-state index in [9.17, 15) is 4.79 Å². The molecule has 0 aromatic carbocycles. The molecule has 0 saturated carbocycles. The van der Waals surface area contributed by atoms with Crippen LogP contribution in [0.2, 0.25) is 0 Å². The Labute approximate surface area is 106 Å². The number of carbonyl (C=O) groups is 1. The Balaban J connectivity index is 1.95. The van der Waals surface area contributed by atoms with Crippen LogP contribution in [-0.4, -0.2) is 42.6 Å². The monoisotopic (exact) mass is 257 g/mol. The van der Waals surface area contributed by atoms with Crippen LogP contribution >= 0.6 is 0 Å². The molecule has 2 aliphatic rings. The van der Waals surface area contributed by atoms with E-state index in [-0.39, 0.29) is 6.10 Å². The molecule has 0 radical (unpaired) electrons. The van der Waals surface area contributed by atoms with Crippen molar-refractivity contribution in [2.45, 2.75) is 38.9 Å². The molecule has 1 unspecified atom stereocenters. The molecule has 1 saturated heterocycles. The van der Waals surface area contributed by atoms with Gasteiger partial charge in [-0.25, -0.2) is 14.6 Å². The van der Waals surface area contributed by atoms with Crippen molar-refractivity contribution in [3.63, 3.8) is 0 Å². The Morgan fingerprint density at radius 2 is 2.28 bits per heavy atom. The minimum Gasteiger partial charge on any atom is -0.442 e. The first kappa shape index (κ1) is 13.3. The van der Waals surface area contributed by atoms with Gasteiger partial charge in [-0.05, 0) is 26.3 Å². The lowest BCUT2D eigenvalue weighted by Gasteiger charge is -2.25. The van der Waals surface area contributed by atoms with Gasteiger partial charge in [-0.3, -0.25) is 4.84 Å². The molecular weight excluding hydrogens is 238 g/mol. The molecule has 0 aromatic rings. The second-order valence-corrected chi connectivity index (χ2v) is 5.29. The van der Waals surface area contributed by atoms with Crippen molar-refractivity contribution in [1.82, 2.24) is 5.06 Å². The molecule has 6 nitrogen and oxygen atoms in total. The van der Waals surface area contributed by atoms with Gasteiger partial charge in [0.05, 0.1) is 13.2 Å². The van der Waals surface area contributed by atoms with Gasteiger partial charge in [0.15, 0.2) is 0 Å². The summed E-state index contributed by atoms with van der Waals surface area (Å²) in [7, 11) is 0. The van der Waals surface area contributed by atoms with Gasteiger partial charge in [0.2, 0.25) is 0 Å². The van der Waals surface area contributed by atoms with Crippen LogP contribution in [0.3, 0.4) is 0 Å². The smallest absolute Gasteiger partial charge is 0.434 e. The van der Waals surface area contributed by atoms with E-state index >= 15 is 0 Å². The van der Waals surface area contributed by atoms with Gasteiger partial charge in [0.25, 0.3) is 0 Å². The fourth-order valence-electron chi connectivity index (χ4n) is 1.75. The molecule has 1 amide bonds. The van der Waals surface area contributed by atoms with E-state index in [1.165, 1.54) is 5.06 Å². The van der Waals surface area contributed by atoms with Crippen LogP contribution in [0.25, 0.3) is 0 Å². The van der Waals surface area contributed by atoms with Crippen LogP contribution < -0.4 is 0 Å². The molecule has 0 spiro atoms. The fourth-order valence-corrected chi connectivity index (χ4v) is 1.75. The van der Waals surface area contributed by atoms with Crippen LogP contribution in [0.5, 0.6) is 0 Å². The van der Waals surface area contributed by atoms with Crippen LogP contribution in [0.1, 0.15) is 27.2 Å². The van der Waals surface area contributed by atoms with Crippen LogP contribution in [-0.2, 0) is 19.3 Å². The zero-order valence-corrected chi connectivity index (χ0v) is 11.0. The zero-order chi connectivity index (χ0) is 13.2. The molecule has 1 fully saturated rings. The van der Waals surface area contributed by atoms with Crippen molar-refractivity contribution in [3.8, 4) is 0 Å². The highest BCUT2D eigenvalue weighted by Crippen LogP contribution is 2.22. The van der Waals surface area contributed by atoms with Gasteiger partial charge >= 0.3 is 6.09 Å². The standard InChI is InChI=1S/C12H19NO5/c1-12(2,3)17-11(14)13-6-4-10-9(8-15-13)5-7-16-18-10/h5,10H,4,6-8H2,1-3H3. The second kappa shape index (κ2) is 5.26. The Hall–Kier alpha value is -1.11. The van der Waals surface area contributed by atoms with E-state index in [0.717, 1.165) is 5.57 Å². The van der Waals surface area contributed by atoms with Crippen molar-refractivity contribution in [2.75, 3.05) is 19.8 Å². The first-order valence-electron chi connectivity index (χ1n) is 6.06. The zero-order valence-electron chi connectivity index (χ0n) is 11.0. The first-order valence-corrected chi connectivity index (χ1v) is 6.06. The average molecular weight is 257 g/mol. The summed E-state index contributed by atoms with van der Waals surface area (Å²) < 4.78 is 5.26. The van der Waals surface area contributed by atoms with Gasteiger partial charge in [0, 0.05) is 6.42 Å². The average Bonchev–Trinajstić information content (AvgIpc) is 2.49. The Kier molecular flexibility index (Phi) is 3.89. The summed E-state index contributed by atoms with van der Waals surface area (Å²) >= 11 is 0. The summed E-state index contributed by atoms with van der Waals surface area (Å²) in [5.74, 6) is 0. The summed E-state index contributed by atoms with van der Waals surface area (Å²) in [6.45, 7) is 6.63. The number of amides is 1. The summed E-state index contributed by atoms with van der Waals surface area (Å²) in [4.78, 5) is 27.4. The number of hydroxylamine groups is 2. The number of ether oxygens (including phenoxy) is 1. The fraction of sp³-hybridized carbons (Fsp3) is 0.750. The maximum atomic E-state index is 11.9. The van der Waals surface area contributed by atoms with Crippen LogP contribution in [0.15, 0.2) is 11.6 Å². The number of hydrogen-bond acceptors (Lipinski definition) is 5. The Morgan fingerprint density at radius 1 is 1.50 bits per heavy atom. The first-order chi connectivity index (χ1) is 8.46. The lowest BCUT2D eigenvalue weighted by atomic mass is 10.1. The second-order valence-electron chi connectivity index (χ2n) is 5.29. The predicted octanol–water partition coefficient (Wildman–Crippen LogP) is 1.82. The number of carbonyl (C=O) groups excluding carboxylic acids is 1. The molecule has 2 aliphatic heterocycles. The van der Waals surface area contributed by atoms with Crippen LogP contribution in [0.4, 0.5) is 4.79 Å². The molecule has 0 N–H and O–H groups in total. The van der Waals surface area contributed by atoms with Gasteiger partial charge in [-0.2, -0.15) is 5.06 Å². The maximum Gasteiger partial charge on any atom is 0.434 e. The molecule has 0 aromatic heterocycles. The largest absolute Gasteiger partial charge is 0.442 e. The third-order valence-corrected chi connectivity index (χ3v) is 2.59. The van der Waals surface area contributed by atoms with Crippen LogP contribution in [0, 0.1) is 0 Å². The van der Waals surface area contributed by atoms with E-state index in [1.807, 2.05) is 26.8 Å². The number of hydrogen-bond donors (Lipinski definition) is 0. The van der Waals surface area contributed by atoms with Gasteiger partial charge in [-0.1, -0.05) is 6.08 Å². The lowest BCUT2D eigenvalue weighted by molar-refractivity contribution is -0.316. The molecule has 2 heterocycles. The predicted molar refractivity (Wildman–Crippen MR) is 62.4 cm³/mol. The number of fused-ring (bicyclic) bond motifs is 1. The minimum atomic E-state index is -0.529. The third kappa shape index (κ3) is 3.44. The lowest BCUT2D eigenvalue weighted by Crippen LogP contribution is -2.37. The van der Waals surface area contributed by atoms with Crippen molar-refractivity contribution >= 4 is 6.09 Å². The van der Waals surface area contributed by atoms with E-state index in [0.29, 0.717) is 26.2 Å². The summed E-state index contributed by atoms with van der Waals surface area (Å²) in [5.41, 5.74) is 0.477. The number of rotatable bonds is 0. The van der Waals surface area contributed by atoms with Gasteiger partial charge < -0.3 is 4.74 Å². The van der Waals surface area contributed by atoms with E-state index in [4.69, 9.17) is 19.3 Å². The quantitative estimate of drug-likeness (QED) is 0.489. The summed E-state index contributed by atoms with van der Waals surface area (Å²) in [6, 6.07) is 0. The summed E-state index contributed by atoms with van der Waals surface area (Å²) in [5, 5.41) is 1.24. The number of nitrogens with zero attached hydrogens (tertiary/aromatic N) is 1. The van der Waals surface area contributed by atoms with E-state index in [1.54, 1.807) is 0 Å². The highest BCUT2D eigenvalue weighted by atomic mass is 17.2. The van der Waals surface area contributed by atoms with Crippen molar-refractivity contribution in [2.24, 2.45) is 0 Å². The SMILES string of the molecule is CC(C)(C)OC(=O)N1CCC2OOCC=C2CO1. The highest BCUT2D eigenvalue weighted by molar-refractivity contribution is 5.66. The Bertz CT molecular complexity index is 347. The molecule has 6 heteroatoms. The van der Waals surface area contributed by atoms with Crippen molar-refractivity contribution < 1.29 is 24.1 Å². The van der Waals surface area contributed by atoms with Crippen molar-refractivity contribution in [1.29, 1.82) is 0 Å². The van der Waals surface area contributed by atoms with Gasteiger partial charge in [0.1, 0.15) is 18.3 Å². The van der Waals surface area contributed by atoms with Crippen molar-refractivity contribution in [3.05, 3.63) is 11.6 Å². The highest BCUT2D eigenvalue weighted by Gasteiger charge is 2.30. The molecule has 18 heavy (non-hydrogen) atoms. The van der Waals surface area contributed by atoms with E-state index < -0.39 is 11.7 Å². The minimum absolute atomic E-state index is 0.133. The molecule has 0 bridgehead atoms. The van der Waals surface area contributed by atoms with Gasteiger partial charge in [-0.15, -0.1) is 0 Å². The normalized spacial score (nSPS) is 24.9. The summed E-state index contributed by atoms with van der Waals surface area (Å²) in [6.07, 6.45) is 1.95. The molecular formula is C12H19NO5. The molecule has 0 aliphatic carbocycles. The topological polar surface area (TPSA) is 57.2 Å².